The molecule has 18 heteroatoms. The highest BCUT2D eigenvalue weighted by Gasteiger charge is 2.70. The van der Waals surface area contributed by atoms with E-state index in [1.165, 1.54) is 0 Å². The van der Waals surface area contributed by atoms with Gasteiger partial charge in [0.25, 0.3) is 5.60 Å². The van der Waals surface area contributed by atoms with Gasteiger partial charge in [-0.15, -0.1) is 0 Å². The Balaban J connectivity index is 2.35. The molecule has 0 atom stereocenters. The van der Waals surface area contributed by atoms with E-state index in [0.29, 0.717) is 0 Å². The maximum absolute atomic E-state index is 13.4. The van der Waals surface area contributed by atoms with E-state index in [4.69, 9.17) is 14.0 Å². The smallest absolute Gasteiger partial charge is 0.431 e. The van der Waals surface area contributed by atoms with Gasteiger partial charge in [-0.25, -0.2) is 4.79 Å². The Morgan fingerprint density at radius 3 is 1.82 bits per heavy atom. The standard InChI is InChI=1S/C21H28F10O7S/c1-13(11-37-9-3-2-8-18(22,23)21(30,31)39(34,35)36)16(32)38-12-15-6-4-14(5-7-15)10-17(33,19(24,25)26)20(27,28)29/h14-15,33H,1-12H2,(H,34,35,36). The van der Waals surface area contributed by atoms with Gasteiger partial charge in [0, 0.05) is 13.0 Å². The minimum Gasteiger partial charge on any atom is -0.462 e. The monoisotopic (exact) mass is 614 g/mol. The summed E-state index contributed by atoms with van der Waals surface area (Å²) in [6.45, 7) is 2.40. The molecule has 230 valence electrons. The summed E-state index contributed by atoms with van der Waals surface area (Å²) in [5.41, 5.74) is -5.05. The number of unbranched alkanes of at least 4 members (excludes halogenated alkanes) is 1. The quantitative estimate of drug-likeness (QED) is 0.0882. The van der Waals surface area contributed by atoms with Crippen LogP contribution in [-0.2, 0) is 24.4 Å². The summed E-state index contributed by atoms with van der Waals surface area (Å²) in [5.74, 6) is -7.41. The van der Waals surface area contributed by atoms with Gasteiger partial charge in [-0.2, -0.15) is 52.3 Å². The van der Waals surface area contributed by atoms with Gasteiger partial charge < -0.3 is 14.6 Å². The van der Waals surface area contributed by atoms with E-state index in [-0.39, 0.29) is 56.8 Å². The van der Waals surface area contributed by atoms with Crippen LogP contribution in [-0.4, -0.2) is 73.0 Å². The van der Waals surface area contributed by atoms with Crippen molar-refractivity contribution in [1.82, 2.24) is 0 Å². The van der Waals surface area contributed by atoms with Crippen molar-refractivity contribution in [3.8, 4) is 0 Å². The van der Waals surface area contributed by atoms with E-state index in [1.54, 1.807) is 0 Å². The number of esters is 1. The Hall–Kier alpha value is -1.66. The molecule has 0 aromatic carbocycles. The maximum Gasteiger partial charge on any atom is 0.431 e. The van der Waals surface area contributed by atoms with Crippen molar-refractivity contribution in [3.63, 3.8) is 0 Å². The molecular weight excluding hydrogens is 586 g/mol. The van der Waals surface area contributed by atoms with Gasteiger partial charge in [-0.05, 0) is 56.8 Å². The van der Waals surface area contributed by atoms with E-state index in [1.807, 2.05) is 0 Å². The van der Waals surface area contributed by atoms with Crippen molar-refractivity contribution >= 4 is 16.1 Å². The van der Waals surface area contributed by atoms with Crippen LogP contribution in [0.4, 0.5) is 43.9 Å². The second kappa shape index (κ2) is 12.9. The summed E-state index contributed by atoms with van der Waals surface area (Å²) in [4.78, 5) is 12.0. The lowest BCUT2D eigenvalue weighted by atomic mass is 9.76. The zero-order valence-electron chi connectivity index (χ0n) is 20.3. The lowest BCUT2D eigenvalue weighted by molar-refractivity contribution is -0.373. The molecule has 39 heavy (non-hydrogen) atoms. The van der Waals surface area contributed by atoms with Gasteiger partial charge >= 0.3 is 39.6 Å². The first-order chi connectivity index (χ1) is 17.5. The summed E-state index contributed by atoms with van der Waals surface area (Å²) >= 11 is 0. The van der Waals surface area contributed by atoms with E-state index in [0.717, 1.165) is 0 Å². The fraction of sp³-hybridized carbons (Fsp3) is 0.857. The van der Waals surface area contributed by atoms with Gasteiger partial charge in [0.05, 0.1) is 18.8 Å². The molecule has 1 rings (SSSR count). The van der Waals surface area contributed by atoms with Crippen molar-refractivity contribution in [3.05, 3.63) is 12.2 Å². The SMILES string of the molecule is C=C(COCCCCC(F)(F)C(F)(F)S(=O)(=O)O)C(=O)OCC1CCC(CC(O)(C(F)(F)F)C(F)(F)F)CC1. The number of carbonyl (C=O) groups is 1. The lowest BCUT2D eigenvalue weighted by Crippen LogP contribution is -2.57. The number of hydrogen-bond donors (Lipinski definition) is 2. The van der Waals surface area contributed by atoms with Crippen LogP contribution in [0, 0.1) is 11.8 Å². The van der Waals surface area contributed by atoms with E-state index >= 15 is 0 Å². The lowest BCUT2D eigenvalue weighted by Gasteiger charge is -2.37. The van der Waals surface area contributed by atoms with Gasteiger partial charge in [0.1, 0.15) is 0 Å². The largest absolute Gasteiger partial charge is 0.462 e. The molecule has 0 amide bonds. The Morgan fingerprint density at radius 1 is 0.872 bits per heavy atom. The maximum atomic E-state index is 13.4. The van der Waals surface area contributed by atoms with Crippen molar-refractivity contribution in [2.45, 2.75) is 80.5 Å². The number of rotatable bonds is 14. The average molecular weight is 614 g/mol. The van der Waals surface area contributed by atoms with Crippen molar-refractivity contribution < 1.29 is 76.2 Å². The number of carbonyl (C=O) groups excluding carboxylic acids is 1. The topological polar surface area (TPSA) is 110 Å². The third-order valence-corrected chi connectivity index (χ3v) is 7.23. The molecule has 1 aliphatic rings. The fourth-order valence-electron chi connectivity index (χ4n) is 3.85. The Kier molecular flexibility index (Phi) is 11.7. The molecule has 0 bridgehead atoms. The van der Waals surface area contributed by atoms with E-state index < -0.39 is 77.0 Å². The van der Waals surface area contributed by atoms with E-state index in [9.17, 15) is 62.2 Å². The number of alkyl halides is 10. The summed E-state index contributed by atoms with van der Waals surface area (Å²) in [5, 5.41) is 3.65. The first-order valence-electron chi connectivity index (χ1n) is 11.5. The second-order valence-electron chi connectivity index (χ2n) is 9.35. The molecule has 7 nitrogen and oxygen atoms in total. The molecular formula is C21H28F10O7S. The minimum absolute atomic E-state index is 0.0735. The number of hydrogen-bond acceptors (Lipinski definition) is 6. The Morgan fingerprint density at radius 2 is 1.36 bits per heavy atom. The first kappa shape index (κ1) is 35.4. The molecule has 1 aliphatic carbocycles. The molecule has 0 saturated heterocycles. The molecule has 0 aliphatic heterocycles. The zero-order chi connectivity index (χ0) is 30.5. The highest BCUT2D eigenvalue weighted by molar-refractivity contribution is 7.87. The number of aliphatic hydroxyl groups is 1. The van der Waals surface area contributed by atoms with Crippen molar-refractivity contribution in [1.29, 1.82) is 0 Å². The predicted octanol–water partition coefficient (Wildman–Crippen LogP) is 5.44. The van der Waals surface area contributed by atoms with E-state index in [2.05, 4.69) is 6.58 Å². The van der Waals surface area contributed by atoms with Crippen LogP contribution < -0.4 is 0 Å². The molecule has 0 heterocycles. The molecule has 2 N–H and O–H groups in total. The minimum atomic E-state index is -6.33. The summed E-state index contributed by atoms with van der Waals surface area (Å²) in [6.07, 6.45) is -15.7. The van der Waals surface area contributed by atoms with Crippen LogP contribution in [0.1, 0.15) is 51.4 Å². The average Bonchev–Trinajstić information content (AvgIpc) is 2.78. The van der Waals surface area contributed by atoms with Crippen LogP contribution in [0.5, 0.6) is 0 Å². The third kappa shape index (κ3) is 9.18. The Labute approximate surface area is 217 Å². The van der Waals surface area contributed by atoms with Crippen molar-refractivity contribution in [2.24, 2.45) is 11.8 Å². The normalized spacial score (nSPS) is 20.1. The summed E-state index contributed by atoms with van der Waals surface area (Å²) in [7, 11) is -6.33. The zero-order valence-corrected chi connectivity index (χ0v) is 21.1. The van der Waals surface area contributed by atoms with Gasteiger partial charge in [-0.3, -0.25) is 4.55 Å². The van der Waals surface area contributed by atoms with Crippen LogP contribution in [0.2, 0.25) is 0 Å². The third-order valence-electron chi connectivity index (χ3n) is 6.28. The molecule has 0 aromatic rings. The molecule has 0 radical (unpaired) electrons. The molecule has 0 aromatic heterocycles. The number of ether oxygens (including phenoxy) is 2. The molecule has 1 fully saturated rings. The van der Waals surface area contributed by atoms with Crippen LogP contribution in [0.25, 0.3) is 0 Å². The molecule has 1 saturated carbocycles. The van der Waals surface area contributed by atoms with Gasteiger partial charge in [-0.1, -0.05) is 6.58 Å². The highest BCUT2D eigenvalue weighted by Crippen LogP contribution is 2.49. The fourth-order valence-corrected chi connectivity index (χ4v) is 4.33. The van der Waals surface area contributed by atoms with Crippen LogP contribution >= 0.6 is 0 Å². The molecule has 0 unspecified atom stereocenters. The van der Waals surface area contributed by atoms with Crippen LogP contribution in [0.3, 0.4) is 0 Å². The highest BCUT2D eigenvalue weighted by atomic mass is 32.2. The van der Waals surface area contributed by atoms with Gasteiger partial charge in [0.15, 0.2) is 0 Å². The van der Waals surface area contributed by atoms with Crippen molar-refractivity contribution in [2.75, 3.05) is 19.8 Å². The van der Waals surface area contributed by atoms with Crippen LogP contribution in [0.15, 0.2) is 12.2 Å². The Bertz CT molecular complexity index is 926. The van der Waals surface area contributed by atoms with Gasteiger partial charge in [0.2, 0.25) is 0 Å². The second-order valence-corrected chi connectivity index (χ2v) is 10.8. The molecule has 0 spiro atoms. The first-order valence-corrected chi connectivity index (χ1v) is 12.9. The summed E-state index contributed by atoms with van der Waals surface area (Å²) in [6, 6.07) is 0. The summed E-state index contributed by atoms with van der Waals surface area (Å²) < 4.78 is 169. The predicted molar refractivity (Wildman–Crippen MR) is 113 cm³/mol. The number of halogens is 10.